The van der Waals surface area contributed by atoms with Crippen LogP contribution in [0.3, 0.4) is 0 Å². The number of carbonyl (C=O) groups excluding carboxylic acids is 1. The summed E-state index contributed by atoms with van der Waals surface area (Å²) in [5.74, 6) is -1.01. The summed E-state index contributed by atoms with van der Waals surface area (Å²) < 4.78 is 94.4. The number of benzene rings is 2. The third kappa shape index (κ3) is 7.80. The molecule has 2 aliphatic heterocycles. The number of likely N-dealkylation sites (N-methyl/N-ethyl adjacent to an activating group) is 1. The predicted molar refractivity (Wildman–Crippen MR) is 142 cm³/mol. The van der Waals surface area contributed by atoms with Crippen LogP contribution in [0.25, 0.3) is 0 Å². The summed E-state index contributed by atoms with van der Waals surface area (Å²) >= 11 is 0. The van der Waals surface area contributed by atoms with Crippen LogP contribution >= 0.6 is 0 Å². The minimum atomic E-state index is -4.99. The van der Waals surface area contributed by atoms with Crippen LogP contribution in [-0.2, 0) is 23.6 Å². The van der Waals surface area contributed by atoms with E-state index in [4.69, 9.17) is 0 Å². The van der Waals surface area contributed by atoms with Crippen LogP contribution in [0.5, 0.6) is 0 Å². The molecular weight excluding hydrogens is 551 g/mol. The van der Waals surface area contributed by atoms with Crippen molar-refractivity contribution in [2.75, 3.05) is 39.8 Å². The summed E-state index contributed by atoms with van der Waals surface area (Å²) in [5.41, 5.74) is -2.13. The smallest absolute Gasteiger partial charge is 0.344 e. The normalized spacial score (nSPS) is 18.9. The summed E-state index contributed by atoms with van der Waals surface area (Å²) in [6.07, 6.45) is -5.15. The van der Waals surface area contributed by atoms with Crippen molar-refractivity contribution in [3.8, 4) is 0 Å². The van der Waals surface area contributed by atoms with Gasteiger partial charge in [-0.2, -0.15) is 26.3 Å². The van der Waals surface area contributed by atoms with E-state index in [1.807, 2.05) is 0 Å². The van der Waals surface area contributed by atoms with E-state index in [1.54, 1.807) is 19.1 Å². The molecule has 0 aromatic heterocycles. The molecule has 1 amide bonds. The zero-order chi connectivity index (χ0) is 29.9. The lowest BCUT2D eigenvalue weighted by Crippen LogP contribution is -2.49. The molecule has 2 saturated heterocycles. The van der Waals surface area contributed by atoms with Crippen molar-refractivity contribution in [2.24, 2.45) is 0 Å². The van der Waals surface area contributed by atoms with Crippen LogP contribution in [0.2, 0.25) is 0 Å². The van der Waals surface area contributed by atoms with Crippen LogP contribution in [0.1, 0.15) is 66.0 Å². The number of amides is 1. The number of carbonyl (C=O) groups is 1. The lowest BCUT2D eigenvalue weighted by molar-refractivity contribution is -0.143. The second-order valence-corrected chi connectivity index (χ2v) is 11.2. The number of alkyl halides is 6. The number of piperidine rings is 2. The Hall–Kier alpha value is -2.66. The molecule has 2 heterocycles. The van der Waals surface area contributed by atoms with Gasteiger partial charge in [0.15, 0.2) is 0 Å². The van der Waals surface area contributed by atoms with Crippen molar-refractivity contribution in [3.63, 3.8) is 0 Å². The first-order valence-corrected chi connectivity index (χ1v) is 14.0. The Bertz CT molecular complexity index is 1170. The minimum absolute atomic E-state index is 0.0496. The van der Waals surface area contributed by atoms with Gasteiger partial charge in [-0.25, -0.2) is 4.39 Å². The summed E-state index contributed by atoms with van der Waals surface area (Å²) in [6.45, 7) is 5.41. The lowest BCUT2D eigenvalue weighted by atomic mass is 9.94. The molecule has 0 aliphatic carbocycles. The largest absolute Gasteiger partial charge is 0.416 e. The van der Waals surface area contributed by atoms with Crippen molar-refractivity contribution < 1.29 is 35.5 Å². The van der Waals surface area contributed by atoms with Gasteiger partial charge >= 0.3 is 12.4 Å². The molecule has 41 heavy (non-hydrogen) atoms. The molecule has 0 spiro atoms. The number of halogens is 7. The van der Waals surface area contributed by atoms with Gasteiger partial charge in [-0.1, -0.05) is 18.6 Å². The molecule has 226 valence electrons. The molecule has 2 aromatic rings. The highest BCUT2D eigenvalue weighted by Crippen LogP contribution is 2.37. The van der Waals surface area contributed by atoms with Gasteiger partial charge in [0.2, 0.25) is 5.91 Å². The maximum absolute atomic E-state index is 14.6. The molecule has 11 heteroatoms. The Balaban J connectivity index is 1.52. The highest BCUT2D eigenvalue weighted by Gasteiger charge is 2.37. The maximum Gasteiger partial charge on any atom is 0.416 e. The number of likely N-dealkylation sites (tertiary alicyclic amines) is 2. The molecule has 2 aromatic carbocycles. The van der Waals surface area contributed by atoms with E-state index in [0.717, 1.165) is 39.0 Å². The number of nitrogens with zero attached hydrogens (tertiary/aromatic N) is 3. The van der Waals surface area contributed by atoms with E-state index in [0.29, 0.717) is 29.3 Å². The zero-order valence-electron chi connectivity index (χ0n) is 23.3. The van der Waals surface area contributed by atoms with E-state index < -0.39 is 35.8 Å². The van der Waals surface area contributed by atoms with Gasteiger partial charge in [0, 0.05) is 32.7 Å². The second kappa shape index (κ2) is 12.7. The van der Waals surface area contributed by atoms with Gasteiger partial charge in [-0.05, 0) is 86.7 Å². The standard InChI is InChI=1S/C30H36F7N3O/c1-20-25(7-6-8-26(20)31)27(40-13-9-24(10-14-40)39-11-4-3-5-12-39)19-38(2)28(41)17-21-15-22(29(32,33)34)18-23(16-21)30(35,36)37/h6-8,15-16,18,24,27H,3-5,9-14,17,19H2,1-2H3. The molecule has 2 aliphatic rings. The summed E-state index contributed by atoms with van der Waals surface area (Å²) in [4.78, 5) is 19.2. The van der Waals surface area contributed by atoms with Crippen molar-refractivity contribution in [2.45, 2.75) is 69.9 Å². The van der Waals surface area contributed by atoms with E-state index in [1.165, 1.54) is 37.3 Å². The highest BCUT2D eigenvalue weighted by atomic mass is 19.4. The fourth-order valence-electron chi connectivity index (χ4n) is 6.03. The van der Waals surface area contributed by atoms with Crippen molar-refractivity contribution in [3.05, 3.63) is 70.0 Å². The Morgan fingerprint density at radius 2 is 1.51 bits per heavy atom. The van der Waals surface area contributed by atoms with Gasteiger partial charge < -0.3 is 9.80 Å². The topological polar surface area (TPSA) is 26.8 Å². The first kappa shape index (κ1) is 31.3. The van der Waals surface area contributed by atoms with Crippen molar-refractivity contribution in [1.82, 2.24) is 14.7 Å². The van der Waals surface area contributed by atoms with E-state index in [2.05, 4.69) is 9.80 Å². The maximum atomic E-state index is 14.6. The zero-order valence-corrected chi connectivity index (χ0v) is 23.3. The third-order valence-corrected chi connectivity index (χ3v) is 8.39. The molecule has 4 nitrogen and oxygen atoms in total. The van der Waals surface area contributed by atoms with Gasteiger partial charge in [-0.3, -0.25) is 9.69 Å². The molecule has 0 radical (unpaired) electrons. The van der Waals surface area contributed by atoms with Crippen LogP contribution < -0.4 is 0 Å². The molecule has 2 fully saturated rings. The van der Waals surface area contributed by atoms with Gasteiger partial charge in [0.25, 0.3) is 0 Å². The van der Waals surface area contributed by atoms with E-state index in [-0.39, 0.29) is 30.0 Å². The summed E-state index contributed by atoms with van der Waals surface area (Å²) in [7, 11) is 1.47. The molecule has 0 bridgehead atoms. The fourth-order valence-corrected chi connectivity index (χ4v) is 6.03. The molecule has 0 saturated carbocycles. The predicted octanol–water partition coefficient (Wildman–Crippen LogP) is 6.86. The quantitative estimate of drug-likeness (QED) is 0.331. The Morgan fingerprint density at radius 3 is 2.07 bits per heavy atom. The molecule has 4 rings (SSSR count). The van der Waals surface area contributed by atoms with Gasteiger partial charge in [0.05, 0.1) is 23.6 Å². The molecular formula is C30H36F7N3O. The second-order valence-electron chi connectivity index (χ2n) is 11.2. The Kier molecular flexibility index (Phi) is 9.68. The summed E-state index contributed by atoms with van der Waals surface area (Å²) in [5, 5.41) is 0. The van der Waals surface area contributed by atoms with Crippen LogP contribution in [0, 0.1) is 12.7 Å². The molecule has 1 unspecified atom stereocenters. The van der Waals surface area contributed by atoms with Crippen molar-refractivity contribution >= 4 is 5.91 Å². The van der Waals surface area contributed by atoms with Crippen molar-refractivity contribution in [1.29, 1.82) is 0 Å². The van der Waals surface area contributed by atoms with E-state index in [9.17, 15) is 35.5 Å². The van der Waals surface area contributed by atoms with Crippen LogP contribution in [0.15, 0.2) is 36.4 Å². The van der Waals surface area contributed by atoms with Gasteiger partial charge in [0.1, 0.15) is 5.82 Å². The minimum Gasteiger partial charge on any atom is -0.344 e. The lowest BCUT2D eigenvalue weighted by Gasteiger charge is -2.43. The average molecular weight is 588 g/mol. The third-order valence-electron chi connectivity index (χ3n) is 8.39. The van der Waals surface area contributed by atoms with Gasteiger partial charge in [-0.15, -0.1) is 0 Å². The van der Waals surface area contributed by atoms with E-state index >= 15 is 0 Å². The monoisotopic (exact) mass is 587 g/mol. The van der Waals surface area contributed by atoms with Crippen LogP contribution in [0.4, 0.5) is 30.7 Å². The number of hydrogen-bond acceptors (Lipinski definition) is 3. The first-order chi connectivity index (χ1) is 19.2. The average Bonchev–Trinajstić information content (AvgIpc) is 2.93. The van der Waals surface area contributed by atoms with Crippen LogP contribution in [-0.4, -0.2) is 66.4 Å². The SMILES string of the molecule is Cc1c(F)cccc1C(CN(C)C(=O)Cc1cc(C(F)(F)F)cc(C(F)(F)F)c1)N1CCC(N2CCCCC2)CC1. The fraction of sp³-hybridized carbons (Fsp3) is 0.567. The number of hydrogen-bond donors (Lipinski definition) is 0. The molecule has 1 atom stereocenters. The Morgan fingerprint density at radius 1 is 0.927 bits per heavy atom. The summed E-state index contributed by atoms with van der Waals surface area (Å²) in [6, 6.07) is 6.07. The first-order valence-electron chi connectivity index (χ1n) is 14.0. The Labute approximate surface area is 236 Å². The molecule has 0 N–H and O–H groups in total. The number of rotatable bonds is 7. The highest BCUT2D eigenvalue weighted by molar-refractivity contribution is 5.78.